The lowest BCUT2D eigenvalue weighted by Crippen LogP contribution is -2.51. The minimum Gasteiger partial charge on any atom is -0.497 e. The summed E-state index contributed by atoms with van der Waals surface area (Å²) in [5.41, 5.74) is 1.14. The van der Waals surface area contributed by atoms with Gasteiger partial charge in [0.25, 0.3) is 0 Å². The van der Waals surface area contributed by atoms with Gasteiger partial charge in [0.1, 0.15) is 5.75 Å². The highest BCUT2D eigenvalue weighted by Crippen LogP contribution is 2.25. The van der Waals surface area contributed by atoms with Crippen molar-refractivity contribution in [1.29, 1.82) is 0 Å². The molecule has 2 aromatic carbocycles. The second-order valence-electron chi connectivity index (χ2n) is 6.24. The highest BCUT2D eigenvalue weighted by molar-refractivity contribution is 7.89. The predicted molar refractivity (Wildman–Crippen MR) is 96.2 cm³/mol. The Labute approximate surface area is 149 Å². The molecule has 5 nitrogen and oxygen atoms in total. The van der Waals surface area contributed by atoms with Crippen molar-refractivity contribution >= 4 is 10.0 Å². The Bertz CT molecular complexity index is 790. The Morgan fingerprint density at radius 2 is 1.80 bits per heavy atom. The first-order chi connectivity index (χ1) is 12.0. The van der Waals surface area contributed by atoms with Crippen LogP contribution in [0.5, 0.6) is 5.75 Å². The minimum absolute atomic E-state index is 0.147. The van der Waals surface area contributed by atoms with Crippen molar-refractivity contribution in [1.82, 2.24) is 4.31 Å². The zero-order chi connectivity index (χ0) is 17.9. The van der Waals surface area contributed by atoms with Gasteiger partial charge < -0.3 is 9.47 Å². The molecule has 2 atom stereocenters. The third-order valence-electron chi connectivity index (χ3n) is 4.42. The van der Waals surface area contributed by atoms with Crippen LogP contribution in [0.15, 0.2) is 59.5 Å². The molecule has 0 N–H and O–H groups in total. The lowest BCUT2D eigenvalue weighted by atomic mass is 10.1. The van der Waals surface area contributed by atoms with Crippen molar-refractivity contribution in [3.05, 3.63) is 60.2 Å². The van der Waals surface area contributed by atoms with Crippen LogP contribution in [0.2, 0.25) is 0 Å². The largest absolute Gasteiger partial charge is 0.497 e. The van der Waals surface area contributed by atoms with E-state index in [0.29, 0.717) is 25.3 Å². The number of hydrogen-bond acceptors (Lipinski definition) is 4. The summed E-state index contributed by atoms with van der Waals surface area (Å²) < 4.78 is 38.6. The number of rotatable bonds is 5. The van der Waals surface area contributed by atoms with Crippen molar-refractivity contribution < 1.29 is 17.9 Å². The molecule has 0 radical (unpaired) electrons. The van der Waals surface area contributed by atoms with E-state index in [2.05, 4.69) is 0 Å². The van der Waals surface area contributed by atoms with Gasteiger partial charge in [-0.3, -0.25) is 0 Å². The SMILES string of the molecule is COc1ccc(S(=O)(=O)N2CC(Cc3ccccc3)OCC2C)cc1. The molecule has 1 heterocycles. The summed E-state index contributed by atoms with van der Waals surface area (Å²) >= 11 is 0. The van der Waals surface area contributed by atoms with Crippen molar-refractivity contribution in [2.45, 2.75) is 30.4 Å². The average molecular weight is 361 g/mol. The lowest BCUT2D eigenvalue weighted by Gasteiger charge is -2.37. The lowest BCUT2D eigenvalue weighted by molar-refractivity contribution is -0.0265. The molecule has 1 fully saturated rings. The van der Waals surface area contributed by atoms with Gasteiger partial charge in [0.2, 0.25) is 10.0 Å². The Balaban J connectivity index is 1.78. The maximum atomic E-state index is 13.0. The first kappa shape index (κ1) is 17.9. The number of hydrogen-bond donors (Lipinski definition) is 0. The molecule has 25 heavy (non-hydrogen) atoms. The van der Waals surface area contributed by atoms with Gasteiger partial charge in [0, 0.05) is 12.6 Å². The highest BCUT2D eigenvalue weighted by atomic mass is 32.2. The molecule has 0 bridgehead atoms. The summed E-state index contributed by atoms with van der Waals surface area (Å²) in [7, 11) is -2.01. The standard InChI is InChI=1S/C19H23NO4S/c1-15-14-24-18(12-16-6-4-3-5-7-16)13-20(15)25(21,22)19-10-8-17(23-2)9-11-19/h3-11,15,18H,12-14H2,1-2H3. The van der Waals surface area contributed by atoms with Crippen LogP contribution in [0, 0.1) is 0 Å². The van der Waals surface area contributed by atoms with E-state index in [1.807, 2.05) is 37.3 Å². The number of sulfonamides is 1. The first-order valence-corrected chi connectivity index (χ1v) is 9.76. The van der Waals surface area contributed by atoms with E-state index in [1.165, 1.54) is 0 Å². The van der Waals surface area contributed by atoms with Gasteiger partial charge in [-0.15, -0.1) is 0 Å². The quantitative estimate of drug-likeness (QED) is 0.822. The molecule has 0 aliphatic carbocycles. The number of morpholine rings is 1. The molecule has 2 unspecified atom stereocenters. The Hall–Kier alpha value is -1.89. The summed E-state index contributed by atoms with van der Waals surface area (Å²) in [6, 6.07) is 16.3. The second kappa shape index (κ2) is 7.56. The number of ether oxygens (including phenoxy) is 2. The number of benzene rings is 2. The second-order valence-corrected chi connectivity index (χ2v) is 8.13. The van der Waals surface area contributed by atoms with Crippen molar-refractivity contribution in [3.8, 4) is 5.75 Å². The molecule has 0 aromatic heterocycles. The summed E-state index contributed by atoms with van der Waals surface area (Å²) in [4.78, 5) is 0.278. The molecular formula is C19H23NO4S. The van der Waals surface area contributed by atoms with E-state index in [-0.39, 0.29) is 17.0 Å². The maximum Gasteiger partial charge on any atom is 0.243 e. The fourth-order valence-electron chi connectivity index (χ4n) is 3.01. The molecule has 6 heteroatoms. The summed E-state index contributed by atoms with van der Waals surface area (Å²) in [5, 5.41) is 0. The van der Waals surface area contributed by atoms with E-state index < -0.39 is 10.0 Å². The van der Waals surface area contributed by atoms with Gasteiger partial charge in [-0.05, 0) is 43.2 Å². The van der Waals surface area contributed by atoms with Crippen molar-refractivity contribution in [2.24, 2.45) is 0 Å². The molecule has 134 valence electrons. The molecule has 1 aliphatic rings. The van der Waals surface area contributed by atoms with Crippen molar-refractivity contribution in [2.75, 3.05) is 20.3 Å². The fraction of sp³-hybridized carbons (Fsp3) is 0.368. The third kappa shape index (κ3) is 4.03. The normalized spacial score (nSPS) is 21.8. The van der Waals surface area contributed by atoms with Crippen LogP contribution in [0.1, 0.15) is 12.5 Å². The van der Waals surface area contributed by atoms with Crippen LogP contribution in [-0.4, -0.2) is 45.1 Å². The van der Waals surface area contributed by atoms with Crippen LogP contribution in [0.4, 0.5) is 0 Å². The Morgan fingerprint density at radius 3 is 2.44 bits per heavy atom. The molecule has 1 saturated heterocycles. The molecule has 0 spiro atoms. The zero-order valence-electron chi connectivity index (χ0n) is 14.5. The van der Waals surface area contributed by atoms with Crippen LogP contribution in [-0.2, 0) is 21.2 Å². The Morgan fingerprint density at radius 1 is 1.12 bits per heavy atom. The molecule has 0 saturated carbocycles. The average Bonchev–Trinajstić information content (AvgIpc) is 2.64. The van der Waals surface area contributed by atoms with Gasteiger partial charge in [0.15, 0.2) is 0 Å². The number of nitrogens with zero attached hydrogens (tertiary/aromatic N) is 1. The Kier molecular flexibility index (Phi) is 5.42. The molecule has 3 rings (SSSR count). The number of methoxy groups -OCH3 is 1. The van der Waals surface area contributed by atoms with E-state index >= 15 is 0 Å². The molecule has 1 aliphatic heterocycles. The van der Waals surface area contributed by atoms with Crippen molar-refractivity contribution in [3.63, 3.8) is 0 Å². The monoisotopic (exact) mass is 361 g/mol. The highest BCUT2D eigenvalue weighted by Gasteiger charge is 2.35. The van der Waals surface area contributed by atoms with Crippen LogP contribution >= 0.6 is 0 Å². The van der Waals surface area contributed by atoms with Gasteiger partial charge in [-0.1, -0.05) is 30.3 Å². The molecule has 0 amide bonds. The summed E-state index contributed by atoms with van der Waals surface area (Å²) in [6.07, 6.45) is 0.550. The van der Waals surface area contributed by atoms with E-state index in [4.69, 9.17) is 9.47 Å². The minimum atomic E-state index is -3.56. The fourth-order valence-corrected chi connectivity index (χ4v) is 4.66. The molecule has 2 aromatic rings. The van der Waals surface area contributed by atoms with Gasteiger partial charge in [0.05, 0.1) is 24.7 Å². The molecular weight excluding hydrogens is 338 g/mol. The summed E-state index contributed by atoms with van der Waals surface area (Å²) in [5.74, 6) is 0.635. The van der Waals surface area contributed by atoms with Gasteiger partial charge in [-0.25, -0.2) is 8.42 Å². The van der Waals surface area contributed by atoms with E-state index in [9.17, 15) is 8.42 Å². The third-order valence-corrected chi connectivity index (χ3v) is 6.41. The smallest absolute Gasteiger partial charge is 0.243 e. The van der Waals surface area contributed by atoms with Crippen LogP contribution < -0.4 is 4.74 Å². The maximum absolute atomic E-state index is 13.0. The van der Waals surface area contributed by atoms with Crippen LogP contribution in [0.3, 0.4) is 0 Å². The topological polar surface area (TPSA) is 55.8 Å². The predicted octanol–water partition coefficient (Wildman–Crippen LogP) is 2.72. The van der Waals surface area contributed by atoms with E-state index in [0.717, 1.165) is 5.56 Å². The first-order valence-electron chi connectivity index (χ1n) is 8.32. The summed E-state index contributed by atoms with van der Waals surface area (Å²) in [6.45, 7) is 2.62. The zero-order valence-corrected chi connectivity index (χ0v) is 15.3. The van der Waals surface area contributed by atoms with Gasteiger partial charge in [-0.2, -0.15) is 4.31 Å². The van der Waals surface area contributed by atoms with E-state index in [1.54, 1.807) is 35.7 Å². The van der Waals surface area contributed by atoms with Gasteiger partial charge >= 0.3 is 0 Å². The van der Waals surface area contributed by atoms with Crippen LogP contribution in [0.25, 0.3) is 0 Å².